The Morgan fingerprint density at radius 2 is 2.04 bits per heavy atom. The molecule has 8 heteroatoms. The van der Waals surface area contributed by atoms with Crippen LogP contribution in [-0.2, 0) is 9.53 Å². The number of benzene rings is 2. The second kappa shape index (κ2) is 8.96. The maximum absolute atomic E-state index is 12.2. The molecule has 2 aromatic carbocycles. The van der Waals surface area contributed by atoms with Gasteiger partial charge in [-0.25, -0.2) is 11.4 Å². The summed E-state index contributed by atoms with van der Waals surface area (Å²) in [5, 5.41) is 7.13. The fraction of sp³-hybridized carbons (Fsp3) is 0.250. The number of hydrazone groups is 1. The standard InChI is InChI=1S/C20H17Cl2N3O3/c1-3-27-20(26)17-11-19(13-4-7-15(8-5-13)28-12-23-2)25(24-17)18-9-6-14(21)10-16(18)22/h4-10,19H,3,11-12H2,1H3. The first-order valence-corrected chi connectivity index (χ1v) is 9.34. The van der Waals surface area contributed by atoms with E-state index in [1.54, 1.807) is 42.3 Å². The van der Waals surface area contributed by atoms with Crippen LogP contribution >= 0.6 is 23.2 Å². The zero-order valence-corrected chi connectivity index (χ0v) is 16.6. The summed E-state index contributed by atoms with van der Waals surface area (Å²) in [6, 6.07) is 12.2. The van der Waals surface area contributed by atoms with Crippen LogP contribution in [0.3, 0.4) is 0 Å². The number of ether oxygens (including phenoxy) is 2. The molecule has 3 rings (SSSR count). The third-order valence-corrected chi connectivity index (χ3v) is 4.68. The predicted octanol–water partition coefficient (Wildman–Crippen LogP) is 5.12. The minimum absolute atomic E-state index is 0.0363. The lowest BCUT2D eigenvalue weighted by Crippen LogP contribution is -2.19. The highest BCUT2D eigenvalue weighted by Gasteiger charge is 2.34. The normalized spacial score (nSPS) is 15.7. The van der Waals surface area contributed by atoms with Crippen LogP contribution in [0.4, 0.5) is 5.69 Å². The van der Waals surface area contributed by atoms with Gasteiger partial charge in [-0.1, -0.05) is 35.3 Å². The Balaban J connectivity index is 1.94. The number of anilines is 1. The van der Waals surface area contributed by atoms with E-state index in [1.165, 1.54) is 0 Å². The molecule has 0 aromatic heterocycles. The number of hydrogen-bond donors (Lipinski definition) is 0. The van der Waals surface area contributed by atoms with Crippen LogP contribution in [0.1, 0.15) is 24.9 Å². The molecule has 0 saturated heterocycles. The molecule has 28 heavy (non-hydrogen) atoms. The summed E-state index contributed by atoms with van der Waals surface area (Å²) in [6.07, 6.45) is 0.375. The van der Waals surface area contributed by atoms with Gasteiger partial charge in [0.15, 0.2) is 0 Å². The molecule has 1 heterocycles. The molecule has 0 N–H and O–H groups in total. The number of esters is 1. The van der Waals surface area contributed by atoms with Crippen LogP contribution in [0.2, 0.25) is 10.0 Å². The molecule has 0 fully saturated rings. The van der Waals surface area contributed by atoms with Crippen LogP contribution in [0.5, 0.6) is 5.75 Å². The second-order valence-electron chi connectivity index (χ2n) is 5.93. The Bertz CT molecular complexity index is 939. The molecule has 1 aliphatic rings. The highest BCUT2D eigenvalue weighted by molar-refractivity contribution is 6.38. The van der Waals surface area contributed by atoms with Crippen molar-refractivity contribution in [3.8, 4) is 5.75 Å². The molecule has 2 aromatic rings. The van der Waals surface area contributed by atoms with E-state index in [9.17, 15) is 4.79 Å². The van der Waals surface area contributed by atoms with Gasteiger partial charge < -0.3 is 9.47 Å². The van der Waals surface area contributed by atoms with Crippen molar-refractivity contribution in [3.63, 3.8) is 0 Å². The quantitative estimate of drug-likeness (QED) is 0.483. The second-order valence-corrected chi connectivity index (χ2v) is 6.77. The first kappa shape index (κ1) is 20.0. The summed E-state index contributed by atoms with van der Waals surface area (Å²) in [6.45, 7) is 8.79. The topological polar surface area (TPSA) is 55.5 Å². The number of rotatable bonds is 6. The predicted molar refractivity (Wildman–Crippen MR) is 109 cm³/mol. The van der Waals surface area contributed by atoms with Crippen LogP contribution in [0.25, 0.3) is 4.85 Å². The van der Waals surface area contributed by atoms with Crippen LogP contribution in [0.15, 0.2) is 47.6 Å². The van der Waals surface area contributed by atoms with Crippen LogP contribution < -0.4 is 9.75 Å². The van der Waals surface area contributed by atoms with Crippen LogP contribution in [-0.4, -0.2) is 25.0 Å². The van der Waals surface area contributed by atoms with Crippen molar-refractivity contribution in [1.82, 2.24) is 0 Å². The van der Waals surface area contributed by atoms with E-state index in [0.29, 0.717) is 33.6 Å². The largest absolute Gasteiger partial charge is 0.461 e. The molecular formula is C20H17Cl2N3O3. The molecule has 144 valence electrons. The monoisotopic (exact) mass is 417 g/mol. The van der Waals surface area contributed by atoms with Gasteiger partial charge in [0.1, 0.15) is 11.5 Å². The summed E-state index contributed by atoms with van der Waals surface area (Å²) in [7, 11) is 0. The van der Waals surface area contributed by atoms with E-state index in [-0.39, 0.29) is 19.4 Å². The third-order valence-electron chi connectivity index (χ3n) is 4.14. The Morgan fingerprint density at radius 3 is 2.68 bits per heavy atom. The molecule has 0 amide bonds. The van der Waals surface area contributed by atoms with E-state index < -0.39 is 5.97 Å². The van der Waals surface area contributed by atoms with E-state index in [2.05, 4.69) is 9.95 Å². The molecule has 1 atom stereocenters. The molecular weight excluding hydrogens is 401 g/mol. The first-order valence-electron chi connectivity index (χ1n) is 8.58. The molecule has 1 unspecified atom stereocenters. The van der Waals surface area contributed by atoms with Gasteiger partial charge in [-0.2, -0.15) is 5.10 Å². The Labute approximate surface area is 173 Å². The maximum Gasteiger partial charge on any atom is 0.357 e. The first-order chi connectivity index (χ1) is 13.5. The lowest BCUT2D eigenvalue weighted by Gasteiger charge is -2.25. The minimum Gasteiger partial charge on any atom is -0.461 e. The van der Waals surface area contributed by atoms with Crippen molar-refractivity contribution < 1.29 is 14.3 Å². The van der Waals surface area contributed by atoms with E-state index in [0.717, 1.165) is 5.56 Å². The lowest BCUT2D eigenvalue weighted by atomic mass is 10.0. The molecule has 0 spiro atoms. The summed E-state index contributed by atoms with van der Waals surface area (Å²) in [4.78, 5) is 15.4. The fourth-order valence-corrected chi connectivity index (χ4v) is 3.38. The van der Waals surface area contributed by atoms with Gasteiger partial charge in [0, 0.05) is 11.4 Å². The van der Waals surface area contributed by atoms with Crippen molar-refractivity contribution in [2.75, 3.05) is 18.3 Å². The summed E-state index contributed by atoms with van der Waals surface area (Å²) < 4.78 is 10.4. The fourth-order valence-electron chi connectivity index (χ4n) is 2.89. The SMILES string of the molecule is [C-]#[N+]COc1ccc(C2CC(C(=O)OCC)=NN2c2ccc(Cl)cc2Cl)cc1. The lowest BCUT2D eigenvalue weighted by molar-refractivity contribution is -0.135. The van der Waals surface area contributed by atoms with Gasteiger partial charge in [-0.3, -0.25) is 9.85 Å². The van der Waals surface area contributed by atoms with Gasteiger partial charge in [0.25, 0.3) is 0 Å². The highest BCUT2D eigenvalue weighted by Crippen LogP contribution is 2.40. The van der Waals surface area contributed by atoms with Gasteiger partial charge in [-0.05, 0) is 42.8 Å². The third kappa shape index (κ3) is 4.38. The Hall–Kier alpha value is -2.75. The maximum atomic E-state index is 12.2. The van der Waals surface area contributed by atoms with Crippen molar-refractivity contribution in [1.29, 1.82) is 0 Å². The average molecular weight is 418 g/mol. The Kier molecular flexibility index (Phi) is 6.40. The number of halogens is 2. The number of nitrogens with zero attached hydrogens (tertiary/aromatic N) is 3. The number of carbonyl (C=O) groups is 1. The summed E-state index contributed by atoms with van der Waals surface area (Å²) >= 11 is 12.4. The van der Waals surface area contributed by atoms with Gasteiger partial charge >= 0.3 is 12.7 Å². The van der Waals surface area contributed by atoms with E-state index in [4.69, 9.17) is 39.2 Å². The smallest absolute Gasteiger partial charge is 0.357 e. The van der Waals surface area contributed by atoms with Gasteiger partial charge in [0.05, 0.1) is 23.4 Å². The Morgan fingerprint density at radius 1 is 1.29 bits per heavy atom. The molecule has 0 aliphatic carbocycles. The van der Waals surface area contributed by atoms with Crippen molar-refractivity contribution in [2.24, 2.45) is 5.10 Å². The molecule has 6 nitrogen and oxygen atoms in total. The number of carbonyl (C=O) groups excluding carboxylic acids is 1. The van der Waals surface area contributed by atoms with Crippen molar-refractivity contribution in [2.45, 2.75) is 19.4 Å². The summed E-state index contributed by atoms with van der Waals surface area (Å²) in [5.41, 5.74) is 1.89. The van der Waals surface area contributed by atoms with Gasteiger partial charge in [-0.15, -0.1) is 0 Å². The van der Waals surface area contributed by atoms with Crippen LogP contribution in [0, 0.1) is 6.57 Å². The zero-order chi connectivity index (χ0) is 20.1. The van der Waals surface area contributed by atoms with Crippen molar-refractivity contribution in [3.05, 3.63) is 69.5 Å². The summed E-state index contributed by atoms with van der Waals surface area (Å²) in [5.74, 6) is 0.150. The van der Waals surface area contributed by atoms with Crippen molar-refractivity contribution >= 4 is 40.6 Å². The average Bonchev–Trinajstić information content (AvgIpc) is 3.12. The van der Waals surface area contributed by atoms with E-state index >= 15 is 0 Å². The molecule has 0 radical (unpaired) electrons. The highest BCUT2D eigenvalue weighted by atomic mass is 35.5. The zero-order valence-electron chi connectivity index (χ0n) is 15.1. The van der Waals surface area contributed by atoms with Gasteiger partial charge in [0.2, 0.25) is 0 Å². The molecule has 1 aliphatic heterocycles. The molecule has 0 saturated carbocycles. The van der Waals surface area contributed by atoms with E-state index in [1.807, 2.05) is 12.1 Å². The molecule has 0 bridgehead atoms. The number of hydrogen-bond acceptors (Lipinski definition) is 5. The minimum atomic E-state index is -0.447.